The van der Waals surface area contributed by atoms with Gasteiger partial charge in [-0.05, 0) is 49.9 Å². The van der Waals surface area contributed by atoms with Gasteiger partial charge in [0.25, 0.3) is 0 Å². The lowest BCUT2D eigenvalue weighted by Crippen LogP contribution is -2.06. The molecule has 1 N–H and O–H groups in total. The Bertz CT molecular complexity index is 586. The second-order valence-corrected chi connectivity index (χ2v) is 5.65. The number of halogens is 2. The maximum absolute atomic E-state index is 6.01. The van der Waals surface area contributed by atoms with Crippen LogP contribution in [0.5, 0.6) is 11.5 Å². The van der Waals surface area contributed by atoms with Gasteiger partial charge in [-0.25, -0.2) is 0 Å². The van der Waals surface area contributed by atoms with Gasteiger partial charge in [0.05, 0.1) is 0 Å². The third-order valence-corrected chi connectivity index (χ3v) is 3.49. The van der Waals surface area contributed by atoms with Crippen LogP contribution in [0.15, 0.2) is 40.9 Å². The van der Waals surface area contributed by atoms with Crippen LogP contribution in [-0.4, -0.2) is 7.05 Å². The molecule has 0 unspecified atom stereocenters. The van der Waals surface area contributed by atoms with E-state index < -0.39 is 0 Å². The Morgan fingerprint density at radius 2 is 1.95 bits per heavy atom. The lowest BCUT2D eigenvalue weighted by atomic mass is 10.2. The first-order chi connectivity index (χ1) is 9.10. The smallest absolute Gasteiger partial charge is 0.132 e. The van der Waals surface area contributed by atoms with E-state index >= 15 is 0 Å². The highest BCUT2D eigenvalue weighted by molar-refractivity contribution is 9.10. The SMILES string of the molecule is CNCc1cc(Br)ccc1Oc1cc(Cl)ccc1C. The van der Waals surface area contributed by atoms with Crippen molar-refractivity contribution in [3.8, 4) is 11.5 Å². The molecule has 0 aliphatic rings. The van der Waals surface area contributed by atoms with E-state index in [-0.39, 0.29) is 0 Å². The van der Waals surface area contributed by atoms with Crippen LogP contribution in [-0.2, 0) is 6.54 Å². The van der Waals surface area contributed by atoms with E-state index in [9.17, 15) is 0 Å². The molecule has 0 aromatic heterocycles. The van der Waals surface area contributed by atoms with Gasteiger partial charge in [-0.2, -0.15) is 0 Å². The molecule has 2 aromatic rings. The summed E-state index contributed by atoms with van der Waals surface area (Å²) in [5.74, 6) is 1.62. The number of ether oxygens (including phenoxy) is 1. The molecule has 19 heavy (non-hydrogen) atoms. The Hall–Kier alpha value is -1.03. The summed E-state index contributed by atoms with van der Waals surface area (Å²) in [7, 11) is 1.91. The topological polar surface area (TPSA) is 21.3 Å². The molecular weight excluding hydrogens is 326 g/mol. The minimum absolute atomic E-state index is 0.674. The highest BCUT2D eigenvalue weighted by atomic mass is 79.9. The van der Waals surface area contributed by atoms with Crippen molar-refractivity contribution < 1.29 is 4.74 Å². The van der Waals surface area contributed by atoms with Crippen LogP contribution < -0.4 is 10.1 Å². The Morgan fingerprint density at radius 1 is 1.16 bits per heavy atom. The quantitative estimate of drug-likeness (QED) is 0.852. The van der Waals surface area contributed by atoms with Crippen LogP contribution in [0.2, 0.25) is 5.02 Å². The van der Waals surface area contributed by atoms with Gasteiger partial charge in [0, 0.05) is 21.6 Å². The van der Waals surface area contributed by atoms with E-state index in [1.165, 1.54) is 0 Å². The average Bonchev–Trinajstić information content (AvgIpc) is 2.37. The van der Waals surface area contributed by atoms with E-state index in [2.05, 4.69) is 21.2 Å². The summed E-state index contributed by atoms with van der Waals surface area (Å²) in [6.45, 7) is 2.75. The predicted molar refractivity (Wildman–Crippen MR) is 83.2 cm³/mol. The van der Waals surface area contributed by atoms with Gasteiger partial charge in [-0.15, -0.1) is 0 Å². The number of nitrogens with one attached hydrogen (secondary N) is 1. The molecule has 0 aliphatic carbocycles. The van der Waals surface area contributed by atoms with Crippen LogP contribution in [0, 0.1) is 6.92 Å². The molecule has 0 saturated heterocycles. The third-order valence-electron chi connectivity index (χ3n) is 2.76. The molecule has 0 bridgehead atoms. The summed E-state index contributed by atoms with van der Waals surface area (Å²) in [5.41, 5.74) is 2.15. The van der Waals surface area contributed by atoms with Gasteiger partial charge < -0.3 is 10.1 Å². The van der Waals surface area contributed by atoms with Crippen LogP contribution in [0.1, 0.15) is 11.1 Å². The Labute approximate surface area is 126 Å². The average molecular weight is 341 g/mol. The fraction of sp³-hybridized carbons (Fsp3) is 0.200. The van der Waals surface area contributed by atoms with E-state index in [0.717, 1.165) is 33.6 Å². The summed E-state index contributed by atoms with van der Waals surface area (Å²) >= 11 is 9.48. The molecule has 0 heterocycles. The maximum atomic E-state index is 6.01. The predicted octanol–water partition coefficient (Wildman–Crippen LogP) is 4.92. The van der Waals surface area contributed by atoms with Crippen molar-refractivity contribution in [3.63, 3.8) is 0 Å². The van der Waals surface area contributed by atoms with Crippen molar-refractivity contribution in [3.05, 3.63) is 57.0 Å². The second kappa shape index (κ2) is 6.42. The Morgan fingerprint density at radius 3 is 2.68 bits per heavy atom. The van der Waals surface area contributed by atoms with E-state index in [4.69, 9.17) is 16.3 Å². The summed E-state index contributed by atoms with van der Waals surface area (Å²) in [6.07, 6.45) is 0. The van der Waals surface area contributed by atoms with Crippen molar-refractivity contribution in [2.45, 2.75) is 13.5 Å². The van der Waals surface area contributed by atoms with Gasteiger partial charge in [0.15, 0.2) is 0 Å². The minimum Gasteiger partial charge on any atom is -0.457 e. The fourth-order valence-corrected chi connectivity index (χ4v) is 2.35. The summed E-state index contributed by atoms with van der Waals surface area (Å²) < 4.78 is 7.02. The maximum Gasteiger partial charge on any atom is 0.132 e. The number of hydrogen-bond donors (Lipinski definition) is 1. The van der Waals surface area contributed by atoms with Gasteiger partial charge in [0.2, 0.25) is 0 Å². The van der Waals surface area contributed by atoms with Crippen LogP contribution >= 0.6 is 27.5 Å². The van der Waals surface area contributed by atoms with Gasteiger partial charge in [0.1, 0.15) is 11.5 Å². The van der Waals surface area contributed by atoms with Gasteiger partial charge in [-0.1, -0.05) is 33.6 Å². The summed E-state index contributed by atoms with van der Waals surface area (Å²) in [4.78, 5) is 0. The monoisotopic (exact) mass is 339 g/mol. The zero-order chi connectivity index (χ0) is 13.8. The van der Waals surface area contributed by atoms with E-state index in [0.29, 0.717) is 5.02 Å². The van der Waals surface area contributed by atoms with Crippen molar-refractivity contribution in [2.24, 2.45) is 0 Å². The molecule has 4 heteroatoms. The molecule has 100 valence electrons. The molecule has 0 radical (unpaired) electrons. The molecule has 2 aromatic carbocycles. The fourth-order valence-electron chi connectivity index (χ4n) is 1.78. The van der Waals surface area contributed by atoms with Crippen molar-refractivity contribution >= 4 is 27.5 Å². The lowest BCUT2D eigenvalue weighted by Gasteiger charge is -2.13. The van der Waals surface area contributed by atoms with E-state index in [1.54, 1.807) is 0 Å². The standard InChI is InChI=1S/C15H15BrClNO/c1-10-3-5-13(17)8-15(10)19-14-6-4-12(16)7-11(14)9-18-2/h3-8,18H,9H2,1-2H3. The van der Waals surface area contributed by atoms with Crippen molar-refractivity contribution in [1.29, 1.82) is 0 Å². The summed E-state index contributed by atoms with van der Waals surface area (Å²) in [6, 6.07) is 11.6. The van der Waals surface area contributed by atoms with Gasteiger partial charge >= 0.3 is 0 Å². The highest BCUT2D eigenvalue weighted by Crippen LogP contribution is 2.31. The Balaban J connectivity index is 2.34. The minimum atomic E-state index is 0.674. The normalized spacial score (nSPS) is 10.5. The number of benzene rings is 2. The molecule has 0 amide bonds. The van der Waals surface area contributed by atoms with Crippen molar-refractivity contribution in [1.82, 2.24) is 5.32 Å². The van der Waals surface area contributed by atoms with Gasteiger partial charge in [-0.3, -0.25) is 0 Å². The number of hydrogen-bond acceptors (Lipinski definition) is 2. The molecule has 2 nitrogen and oxygen atoms in total. The van der Waals surface area contributed by atoms with Crippen LogP contribution in [0.25, 0.3) is 0 Å². The zero-order valence-electron chi connectivity index (χ0n) is 10.8. The van der Waals surface area contributed by atoms with E-state index in [1.807, 2.05) is 50.4 Å². The first kappa shape index (κ1) is 14.4. The molecule has 2 rings (SSSR count). The third kappa shape index (κ3) is 3.72. The molecular formula is C15H15BrClNO. The molecule has 0 saturated carbocycles. The Kier molecular flexibility index (Phi) is 4.86. The lowest BCUT2D eigenvalue weighted by molar-refractivity contribution is 0.470. The first-order valence-corrected chi connectivity index (χ1v) is 7.14. The number of aryl methyl sites for hydroxylation is 1. The number of rotatable bonds is 4. The molecule has 0 spiro atoms. The summed E-state index contributed by atoms with van der Waals surface area (Å²) in [5, 5.41) is 3.81. The molecule has 0 fully saturated rings. The van der Waals surface area contributed by atoms with Crippen LogP contribution in [0.4, 0.5) is 0 Å². The van der Waals surface area contributed by atoms with Crippen molar-refractivity contribution in [2.75, 3.05) is 7.05 Å². The first-order valence-electron chi connectivity index (χ1n) is 5.97. The molecule has 0 atom stereocenters. The zero-order valence-corrected chi connectivity index (χ0v) is 13.2. The largest absolute Gasteiger partial charge is 0.457 e. The van der Waals surface area contributed by atoms with Crippen LogP contribution in [0.3, 0.4) is 0 Å². The molecule has 0 aliphatic heterocycles. The highest BCUT2D eigenvalue weighted by Gasteiger charge is 2.07. The second-order valence-electron chi connectivity index (χ2n) is 4.29.